The number of ether oxygens (including phenoxy) is 1. The van der Waals surface area contributed by atoms with Gasteiger partial charge < -0.3 is 15.8 Å². The Morgan fingerprint density at radius 1 is 1.29 bits per heavy atom. The van der Waals surface area contributed by atoms with Gasteiger partial charge in [0.05, 0.1) is 0 Å². The van der Waals surface area contributed by atoms with E-state index >= 15 is 0 Å². The minimum absolute atomic E-state index is 0.0969. The van der Waals surface area contributed by atoms with Crippen molar-refractivity contribution < 1.29 is 22.7 Å². The van der Waals surface area contributed by atoms with Gasteiger partial charge in [0.1, 0.15) is 5.75 Å². The van der Waals surface area contributed by atoms with Crippen LogP contribution in [0, 0.1) is 0 Å². The van der Waals surface area contributed by atoms with Gasteiger partial charge in [0.2, 0.25) is 5.91 Å². The van der Waals surface area contributed by atoms with Crippen LogP contribution in [-0.2, 0) is 4.79 Å². The van der Waals surface area contributed by atoms with E-state index in [2.05, 4.69) is 10.1 Å². The van der Waals surface area contributed by atoms with E-state index in [1.165, 1.54) is 24.3 Å². The summed E-state index contributed by atoms with van der Waals surface area (Å²) in [5.41, 5.74) is 6.07. The van der Waals surface area contributed by atoms with Crippen molar-refractivity contribution in [3.05, 3.63) is 24.3 Å². The summed E-state index contributed by atoms with van der Waals surface area (Å²) in [7, 11) is 0. The van der Waals surface area contributed by atoms with Gasteiger partial charge in [-0.1, -0.05) is 0 Å². The maximum Gasteiger partial charge on any atom is 0.422 e. The zero-order valence-corrected chi connectivity index (χ0v) is 11.4. The average molecular weight is 302 g/mol. The van der Waals surface area contributed by atoms with Crippen molar-refractivity contribution in [2.75, 3.05) is 11.9 Å². The Balaban J connectivity index is 1.83. The number of rotatable bonds is 5. The molecule has 1 aliphatic rings. The van der Waals surface area contributed by atoms with Gasteiger partial charge >= 0.3 is 6.18 Å². The molecule has 0 atom stereocenters. The van der Waals surface area contributed by atoms with E-state index in [4.69, 9.17) is 5.73 Å². The molecule has 3 N–H and O–H groups in total. The lowest BCUT2D eigenvalue weighted by Crippen LogP contribution is -2.48. The summed E-state index contributed by atoms with van der Waals surface area (Å²) >= 11 is 0. The molecule has 21 heavy (non-hydrogen) atoms. The first-order valence-corrected chi connectivity index (χ1v) is 6.64. The van der Waals surface area contributed by atoms with Gasteiger partial charge in [0.25, 0.3) is 0 Å². The minimum atomic E-state index is -4.37. The maximum absolute atomic E-state index is 12.0. The molecular weight excluding hydrogens is 285 g/mol. The van der Waals surface area contributed by atoms with E-state index < -0.39 is 18.3 Å². The first kappa shape index (κ1) is 15.6. The highest BCUT2D eigenvalue weighted by Crippen LogP contribution is 2.32. The van der Waals surface area contributed by atoms with Gasteiger partial charge in [-0.05, 0) is 43.5 Å². The molecule has 0 bridgehead atoms. The molecule has 0 spiro atoms. The first-order chi connectivity index (χ1) is 9.76. The Bertz CT molecular complexity index is 496. The van der Waals surface area contributed by atoms with Gasteiger partial charge in [-0.3, -0.25) is 4.79 Å². The molecule has 7 heteroatoms. The quantitative estimate of drug-likeness (QED) is 0.879. The van der Waals surface area contributed by atoms with E-state index in [0.29, 0.717) is 5.69 Å². The van der Waals surface area contributed by atoms with Crippen LogP contribution in [0.3, 0.4) is 0 Å². The molecular formula is C14H17F3N2O2. The molecule has 0 saturated heterocycles. The molecule has 0 aliphatic heterocycles. The average Bonchev–Trinajstić information content (AvgIpc) is 2.35. The van der Waals surface area contributed by atoms with E-state index in [1.54, 1.807) is 0 Å². The fraction of sp³-hybridized carbons (Fsp3) is 0.500. The van der Waals surface area contributed by atoms with Crippen LogP contribution in [0.2, 0.25) is 0 Å². The summed E-state index contributed by atoms with van der Waals surface area (Å²) in [5.74, 6) is -0.0965. The predicted octanol–water partition coefficient (Wildman–Crippen LogP) is 2.84. The van der Waals surface area contributed by atoms with Gasteiger partial charge in [0.15, 0.2) is 6.61 Å². The van der Waals surface area contributed by atoms with Crippen LogP contribution in [0.5, 0.6) is 5.75 Å². The van der Waals surface area contributed by atoms with Crippen LogP contribution in [-0.4, -0.2) is 24.2 Å². The third kappa shape index (κ3) is 4.93. The Hall–Kier alpha value is -1.76. The Labute approximate surface area is 120 Å². The van der Waals surface area contributed by atoms with Crippen molar-refractivity contribution in [1.29, 1.82) is 0 Å². The summed E-state index contributed by atoms with van der Waals surface area (Å²) in [5, 5.41) is 2.67. The number of carbonyl (C=O) groups excluding carboxylic acids is 1. The van der Waals surface area contributed by atoms with Crippen molar-refractivity contribution in [3.63, 3.8) is 0 Å². The lowest BCUT2D eigenvalue weighted by atomic mass is 9.75. The molecule has 0 heterocycles. The third-order valence-electron chi connectivity index (χ3n) is 3.40. The zero-order valence-electron chi connectivity index (χ0n) is 11.4. The SMILES string of the molecule is NC1(CC(=O)Nc2ccc(OCC(F)(F)F)cc2)CCC1. The van der Waals surface area contributed by atoms with Crippen molar-refractivity contribution in [3.8, 4) is 5.75 Å². The molecule has 1 fully saturated rings. The number of anilines is 1. The normalized spacial score (nSPS) is 17.0. The van der Waals surface area contributed by atoms with Crippen LogP contribution in [0.15, 0.2) is 24.3 Å². The third-order valence-corrected chi connectivity index (χ3v) is 3.40. The number of carbonyl (C=O) groups is 1. The summed E-state index contributed by atoms with van der Waals surface area (Å²) in [6, 6.07) is 5.74. The lowest BCUT2D eigenvalue weighted by Gasteiger charge is -2.37. The van der Waals surface area contributed by atoms with Crippen LogP contribution in [0.4, 0.5) is 18.9 Å². The number of nitrogens with one attached hydrogen (secondary N) is 1. The largest absolute Gasteiger partial charge is 0.484 e. The van der Waals surface area contributed by atoms with Crippen molar-refractivity contribution in [2.45, 2.75) is 37.4 Å². The Morgan fingerprint density at radius 3 is 2.38 bits per heavy atom. The molecule has 116 valence electrons. The van der Waals surface area contributed by atoms with E-state index in [-0.39, 0.29) is 18.1 Å². The molecule has 1 aromatic rings. The van der Waals surface area contributed by atoms with Gasteiger partial charge in [-0.15, -0.1) is 0 Å². The van der Waals surface area contributed by atoms with Crippen LogP contribution >= 0.6 is 0 Å². The topological polar surface area (TPSA) is 64.4 Å². The van der Waals surface area contributed by atoms with E-state index in [0.717, 1.165) is 19.3 Å². The first-order valence-electron chi connectivity index (χ1n) is 6.64. The number of hydrogen-bond acceptors (Lipinski definition) is 3. The number of hydrogen-bond donors (Lipinski definition) is 2. The molecule has 0 radical (unpaired) electrons. The Morgan fingerprint density at radius 2 is 1.90 bits per heavy atom. The summed E-state index contributed by atoms with van der Waals surface area (Å²) < 4.78 is 40.6. The number of halogens is 3. The van der Waals surface area contributed by atoms with Gasteiger partial charge in [-0.25, -0.2) is 0 Å². The zero-order chi connectivity index (χ0) is 15.5. The van der Waals surface area contributed by atoms with Crippen LogP contribution < -0.4 is 15.8 Å². The van der Waals surface area contributed by atoms with Crippen molar-refractivity contribution in [2.24, 2.45) is 5.73 Å². The Kier molecular flexibility index (Phi) is 4.41. The van der Waals surface area contributed by atoms with Gasteiger partial charge in [-0.2, -0.15) is 13.2 Å². The molecule has 1 aromatic carbocycles. The highest BCUT2D eigenvalue weighted by Gasteiger charge is 2.34. The highest BCUT2D eigenvalue weighted by molar-refractivity contribution is 5.91. The van der Waals surface area contributed by atoms with Crippen LogP contribution in [0.25, 0.3) is 0 Å². The standard InChI is InChI=1S/C14H17F3N2O2/c15-14(16,17)9-21-11-4-2-10(3-5-11)19-12(20)8-13(18)6-1-7-13/h2-5H,1,6-9,18H2,(H,19,20). The molecule has 1 amide bonds. The molecule has 1 aliphatic carbocycles. The van der Waals surface area contributed by atoms with Crippen molar-refractivity contribution in [1.82, 2.24) is 0 Å². The number of benzene rings is 1. The number of nitrogens with two attached hydrogens (primary N) is 1. The molecule has 0 unspecified atom stereocenters. The second-order valence-corrected chi connectivity index (χ2v) is 5.37. The van der Waals surface area contributed by atoms with Gasteiger partial charge in [0, 0.05) is 17.6 Å². The second-order valence-electron chi connectivity index (χ2n) is 5.37. The van der Waals surface area contributed by atoms with Crippen LogP contribution in [0.1, 0.15) is 25.7 Å². The smallest absolute Gasteiger partial charge is 0.422 e. The molecule has 0 aromatic heterocycles. The number of alkyl halides is 3. The highest BCUT2D eigenvalue weighted by atomic mass is 19.4. The molecule has 1 saturated carbocycles. The summed E-state index contributed by atoms with van der Waals surface area (Å²) in [4.78, 5) is 11.8. The molecule has 2 rings (SSSR count). The minimum Gasteiger partial charge on any atom is -0.484 e. The monoisotopic (exact) mass is 302 g/mol. The summed E-state index contributed by atoms with van der Waals surface area (Å²) in [6.45, 7) is -1.34. The lowest BCUT2D eigenvalue weighted by molar-refractivity contribution is -0.153. The molecule has 4 nitrogen and oxygen atoms in total. The fourth-order valence-electron chi connectivity index (χ4n) is 2.13. The maximum atomic E-state index is 12.0. The predicted molar refractivity (Wildman–Crippen MR) is 72.0 cm³/mol. The van der Waals surface area contributed by atoms with E-state index in [1.807, 2.05) is 0 Å². The van der Waals surface area contributed by atoms with E-state index in [9.17, 15) is 18.0 Å². The summed E-state index contributed by atoms with van der Waals surface area (Å²) in [6.07, 6.45) is -1.41. The number of amides is 1. The second kappa shape index (κ2) is 5.93. The van der Waals surface area contributed by atoms with Crippen molar-refractivity contribution >= 4 is 11.6 Å². The fourth-order valence-corrected chi connectivity index (χ4v) is 2.13.